The number of aryl methyl sites for hydroxylation is 2. The van der Waals surface area contributed by atoms with E-state index in [1.807, 2.05) is 56.3 Å². The third-order valence-electron chi connectivity index (χ3n) is 4.85. The number of nitrogens with zero attached hydrogens (tertiary/aromatic N) is 2. The third kappa shape index (κ3) is 4.60. The summed E-state index contributed by atoms with van der Waals surface area (Å²) in [6, 6.07) is 15.9. The number of aromatic nitrogens is 1. The van der Waals surface area contributed by atoms with Gasteiger partial charge in [0.1, 0.15) is 0 Å². The molecule has 1 heterocycles. The molecule has 0 bridgehead atoms. The van der Waals surface area contributed by atoms with Crippen LogP contribution in [0.4, 0.5) is 11.4 Å². The van der Waals surface area contributed by atoms with Gasteiger partial charge in [0.05, 0.1) is 12.1 Å². The summed E-state index contributed by atoms with van der Waals surface area (Å²) in [5, 5.41) is 7.01. The molecule has 3 rings (SSSR count). The van der Waals surface area contributed by atoms with Crippen LogP contribution in [-0.4, -0.2) is 24.2 Å². The first-order valence-electron chi connectivity index (χ1n) is 9.68. The average Bonchev–Trinajstić information content (AvgIpc) is 3.13. The number of carbonyl (C=O) groups is 1. The molecule has 28 heavy (non-hydrogen) atoms. The average molecular weight is 377 g/mol. The van der Waals surface area contributed by atoms with Crippen molar-refractivity contribution in [2.45, 2.75) is 34.1 Å². The number of amides is 1. The van der Waals surface area contributed by atoms with Gasteiger partial charge in [0, 0.05) is 36.1 Å². The summed E-state index contributed by atoms with van der Waals surface area (Å²) < 4.78 is 5.40. The molecular formula is C23H27N3O2. The Kier molecular flexibility index (Phi) is 6.14. The normalized spacial score (nSPS) is 10.7. The van der Waals surface area contributed by atoms with Crippen LogP contribution >= 0.6 is 0 Å². The van der Waals surface area contributed by atoms with Gasteiger partial charge in [-0.3, -0.25) is 4.79 Å². The smallest absolute Gasteiger partial charge is 0.230 e. The second-order valence-corrected chi connectivity index (χ2v) is 6.94. The molecule has 0 unspecified atom stereocenters. The summed E-state index contributed by atoms with van der Waals surface area (Å²) >= 11 is 0. The van der Waals surface area contributed by atoms with Crippen molar-refractivity contribution in [1.29, 1.82) is 0 Å². The van der Waals surface area contributed by atoms with E-state index in [4.69, 9.17) is 4.52 Å². The quantitative estimate of drug-likeness (QED) is 0.630. The van der Waals surface area contributed by atoms with Crippen LogP contribution in [0.2, 0.25) is 0 Å². The van der Waals surface area contributed by atoms with Crippen LogP contribution in [0.25, 0.3) is 11.3 Å². The lowest BCUT2D eigenvalue weighted by Gasteiger charge is -2.22. The standard InChI is InChI=1S/C23H27N3O2/c1-5-26(6-2)20-11-12-21(17(4)13-20)24-23(27)15-19-14-22(28-25-19)18-9-7-16(3)8-10-18/h7-14H,5-6,15H2,1-4H3,(H,24,27). The molecule has 0 radical (unpaired) electrons. The van der Waals surface area contributed by atoms with Crippen LogP contribution in [0.15, 0.2) is 53.1 Å². The first kappa shape index (κ1) is 19.7. The lowest BCUT2D eigenvalue weighted by molar-refractivity contribution is -0.115. The monoisotopic (exact) mass is 377 g/mol. The van der Waals surface area contributed by atoms with Crippen molar-refractivity contribution in [3.8, 4) is 11.3 Å². The largest absolute Gasteiger partial charge is 0.372 e. The van der Waals surface area contributed by atoms with E-state index in [1.54, 1.807) is 0 Å². The number of carbonyl (C=O) groups excluding carboxylic acids is 1. The highest BCUT2D eigenvalue weighted by Gasteiger charge is 2.12. The van der Waals surface area contributed by atoms with E-state index in [0.29, 0.717) is 11.5 Å². The number of benzene rings is 2. The predicted molar refractivity (Wildman–Crippen MR) is 114 cm³/mol. The fourth-order valence-electron chi connectivity index (χ4n) is 3.18. The highest BCUT2D eigenvalue weighted by Crippen LogP contribution is 2.24. The van der Waals surface area contributed by atoms with E-state index in [-0.39, 0.29) is 12.3 Å². The Balaban J connectivity index is 1.65. The Morgan fingerprint density at radius 2 is 1.75 bits per heavy atom. The molecule has 1 aromatic heterocycles. The molecule has 0 atom stereocenters. The van der Waals surface area contributed by atoms with Crippen molar-refractivity contribution in [1.82, 2.24) is 5.16 Å². The maximum absolute atomic E-state index is 12.5. The molecule has 1 N–H and O–H groups in total. The molecule has 0 aliphatic carbocycles. The van der Waals surface area contributed by atoms with E-state index < -0.39 is 0 Å². The van der Waals surface area contributed by atoms with E-state index in [0.717, 1.165) is 29.9 Å². The van der Waals surface area contributed by atoms with Crippen LogP contribution in [-0.2, 0) is 11.2 Å². The van der Waals surface area contributed by atoms with Gasteiger partial charge in [0.2, 0.25) is 5.91 Å². The van der Waals surface area contributed by atoms with Gasteiger partial charge in [0.25, 0.3) is 0 Å². The Labute approximate surface area is 166 Å². The molecular weight excluding hydrogens is 350 g/mol. The maximum atomic E-state index is 12.5. The lowest BCUT2D eigenvalue weighted by atomic mass is 10.1. The predicted octanol–water partition coefficient (Wildman–Crippen LogP) is 4.99. The SMILES string of the molecule is CCN(CC)c1ccc(NC(=O)Cc2cc(-c3ccc(C)cc3)on2)c(C)c1. The number of rotatable bonds is 7. The Morgan fingerprint density at radius 3 is 2.39 bits per heavy atom. The Hall–Kier alpha value is -3.08. The zero-order valence-corrected chi connectivity index (χ0v) is 17.0. The van der Waals surface area contributed by atoms with Gasteiger partial charge in [-0.1, -0.05) is 35.0 Å². The van der Waals surface area contributed by atoms with Gasteiger partial charge in [-0.05, 0) is 51.5 Å². The first-order chi connectivity index (χ1) is 13.5. The summed E-state index contributed by atoms with van der Waals surface area (Å²) in [4.78, 5) is 14.7. The minimum atomic E-state index is -0.109. The molecule has 0 aliphatic rings. The molecule has 146 valence electrons. The van der Waals surface area contributed by atoms with Crippen molar-refractivity contribution >= 4 is 17.3 Å². The molecule has 0 spiro atoms. The summed E-state index contributed by atoms with van der Waals surface area (Å²) in [7, 11) is 0. The van der Waals surface area contributed by atoms with Gasteiger partial charge >= 0.3 is 0 Å². The van der Waals surface area contributed by atoms with Crippen molar-refractivity contribution in [3.63, 3.8) is 0 Å². The van der Waals surface area contributed by atoms with Crippen LogP contribution in [0, 0.1) is 13.8 Å². The molecule has 1 amide bonds. The molecule has 0 aliphatic heterocycles. The molecule has 5 heteroatoms. The summed E-state index contributed by atoms with van der Waals surface area (Å²) in [6.07, 6.45) is 0.173. The van der Waals surface area contributed by atoms with Gasteiger partial charge in [-0.2, -0.15) is 0 Å². The Bertz CT molecular complexity index is 941. The highest BCUT2D eigenvalue weighted by atomic mass is 16.5. The second-order valence-electron chi connectivity index (χ2n) is 6.94. The van der Waals surface area contributed by atoms with E-state index in [9.17, 15) is 4.79 Å². The molecule has 0 fully saturated rings. The van der Waals surface area contributed by atoms with Crippen LogP contribution in [0.3, 0.4) is 0 Å². The van der Waals surface area contributed by atoms with E-state index >= 15 is 0 Å². The van der Waals surface area contributed by atoms with Crippen molar-refractivity contribution < 1.29 is 9.32 Å². The fourth-order valence-corrected chi connectivity index (χ4v) is 3.18. The van der Waals surface area contributed by atoms with Crippen molar-refractivity contribution in [3.05, 3.63) is 65.4 Å². The van der Waals surface area contributed by atoms with Crippen molar-refractivity contribution in [2.75, 3.05) is 23.3 Å². The Morgan fingerprint density at radius 1 is 1.04 bits per heavy atom. The van der Waals surface area contributed by atoms with Gasteiger partial charge in [-0.15, -0.1) is 0 Å². The number of anilines is 2. The lowest BCUT2D eigenvalue weighted by Crippen LogP contribution is -2.22. The number of nitrogens with one attached hydrogen (secondary N) is 1. The van der Waals surface area contributed by atoms with Crippen LogP contribution in [0.5, 0.6) is 0 Å². The van der Waals surface area contributed by atoms with Crippen LogP contribution in [0.1, 0.15) is 30.7 Å². The summed E-state index contributed by atoms with van der Waals surface area (Å²) in [5.41, 5.74) is 5.78. The van der Waals surface area contributed by atoms with Crippen LogP contribution < -0.4 is 10.2 Å². The molecule has 0 saturated carbocycles. The van der Waals surface area contributed by atoms with E-state index in [1.165, 1.54) is 11.3 Å². The number of hydrogen-bond donors (Lipinski definition) is 1. The molecule has 3 aromatic rings. The summed E-state index contributed by atoms with van der Waals surface area (Å²) in [5.74, 6) is 0.560. The minimum absolute atomic E-state index is 0.109. The topological polar surface area (TPSA) is 58.4 Å². The zero-order chi connectivity index (χ0) is 20.1. The second kappa shape index (κ2) is 8.74. The fraction of sp³-hybridized carbons (Fsp3) is 0.304. The van der Waals surface area contributed by atoms with Gasteiger partial charge in [0.15, 0.2) is 5.76 Å². The van der Waals surface area contributed by atoms with Gasteiger partial charge < -0.3 is 14.7 Å². The van der Waals surface area contributed by atoms with E-state index in [2.05, 4.69) is 35.3 Å². The molecule has 2 aromatic carbocycles. The minimum Gasteiger partial charge on any atom is -0.372 e. The first-order valence-corrected chi connectivity index (χ1v) is 9.68. The highest BCUT2D eigenvalue weighted by molar-refractivity contribution is 5.93. The van der Waals surface area contributed by atoms with Gasteiger partial charge in [-0.25, -0.2) is 0 Å². The zero-order valence-electron chi connectivity index (χ0n) is 17.0. The maximum Gasteiger partial charge on any atom is 0.230 e. The molecule has 0 saturated heterocycles. The number of hydrogen-bond acceptors (Lipinski definition) is 4. The third-order valence-corrected chi connectivity index (χ3v) is 4.85. The summed E-state index contributed by atoms with van der Waals surface area (Å²) in [6.45, 7) is 10.2. The van der Waals surface area contributed by atoms with Crippen molar-refractivity contribution in [2.24, 2.45) is 0 Å². The molecule has 5 nitrogen and oxygen atoms in total.